The van der Waals surface area contributed by atoms with Gasteiger partial charge in [-0.05, 0) is 83.1 Å². The fraction of sp³-hybridized carbons (Fsp3) is 0.0597. The first-order valence-electron chi connectivity index (χ1n) is 24.9. The lowest BCUT2D eigenvalue weighted by Crippen LogP contribution is -2.14. The summed E-state index contributed by atoms with van der Waals surface area (Å²) in [5, 5.41) is 4.75. The van der Waals surface area contributed by atoms with Crippen LogP contribution in [-0.2, 0) is 0 Å². The molecule has 0 N–H and O–H groups in total. The van der Waals surface area contributed by atoms with Crippen LogP contribution >= 0.6 is 0 Å². The van der Waals surface area contributed by atoms with Gasteiger partial charge < -0.3 is 9.13 Å². The molecule has 0 aliphatic rings. The van der Waals surface area contributed by atoms with Crippen molar-refractivity contribution >= 4 is 43.6 Å². The summed E-state index contributed by atoms with van der Waals surface area (Å²) in [5.74, 6) is 1.68. The van der Waals surface area contributed by atoms with E-state index in [4.69, 9.17) is 15.0 Å². The summed E-state index contributed by atoms with van der Waals surface area (Å²) < 4.78 is 5.04. The van der Waals surface area contributed by atoms with Crippen molar-refractivity contribution in [3.05, 3.63) is 260 Å². The molecule has 1 atom stereocenters. The molecule has 10 aromatic carbocycles. The molecule has 0 radical (unpaired) electrons. The zero-order valence-corrected chi connectivity index (χ0v) is 40.1. The fourth-order valence-corrected chi connectivity index (χ4v) is 11.1. The Hall–Kier alpha value is -9.19. The normalized spacial score (nSPS) is 12.0. The zero-order chi connectivity index (χ0) is 48.1. The second-order valence-corrected chi connectivity index (χ2v) is 18.6. The van der Waals surface area contributed by atoms with Crippen LogP contribution in [0.4, 0.5) is 0 Å². The molecule has 1 unspecified atom stereocenters. The smallest absolute Gasteiger partial charge is 0.163 e. The van der Waals surface area contributed by atoms with Crippen LogP contribution in [0.2, 0.25) is 0 Å². The molecule has 342 valence electrons. The quantitative estimate of drug-likeness (QED) is 0.137. The number of benzene rings is 10. The summed E-state index contributed by atoms with van der Waals surface area (Å²) in [5.41, 5.74) is 17.8. The predicted octanol–water partition coefficient (Wildman–Crippen LogP) is 17.3. The lowest BCUT2D eigenvalue weighted by Gasteiger charge is -2.27. The number of nitrogens with zero attached hydrogens (tertiary/aromatic N) is 5. The van der Waals surface area contributed by atoms with Gasteiger partial charge in [0.15, 0.2) is 11.6 Å². The average Bonchev–Trinajstić information content (AvgIpc) is 3.96. The summed E-state index contributed by atoms with van der Waals surface area (Å²) in [4.78, 5) is 16.6. The molecule has 0 saturated heterocycles. The molecule has 3 aromatic heterocycles. The molecule has 13 aromatic rings. The summed E-state index contributed by atoms with van der Waals surface area (Å²) >= 11 is 0. The highest BCUT2D eigenvalue weighted by atomic mass is 15.1. The minimum absolute atomic E-state index is 0.316. The van der Waals surface area contributed by atoms with Crippen molar-refractivity contribution < 1.29 is 0 Å². The molecule has 0 saturated carbocycles. The van der Waals surface area contributed by atoms with E-state index in [1.54, 1.807) is 0 Å². The van der Waals surface area contributed by atoms with Gasteiger partial charge in [-0.2, -0.15) is 0 Å². The Morgan fingerprint density at radius 1 is 0.375 bits per heavy atom. The van der Waals surface area contributed by atoms with E-state index in [0.29, 0.717) is 18.1 Å². The summed E-state index contributed by atoms with van der Waals surface area (Å²) in [6.07, 6.45) is 0.703. The van der Waals surface area contributed by atoms with Gasteiger partial charge >= 0.3 is 0 Å². The second-order valence-electron chi connectivity index (χ2n) is 18.6. The first-order valence-corrected chi connectivity index (χ1v) is 24.9. The van der Waals surface area contributed by atoms with E-state index < -0.39 is 0 Å². The van der Waals surface area contributed by atoms with Gasteiger partial charge in [-0.15, -0.1) is 0 Å². The van der Waals surface area contributed by atoms with Crippen LogP contribution in [0.1, 0.15) is 36.2 Å². The Labute approximate surface area is 419 Å². The molecule has 13 rings (SSSR count). The maximum atomic E-state index is 5.65. The first-order chi connectivity index (χ1) is 35.6. The number of rotatable bonds is 10. The lowest BCUT2D eigenvalue weighted by molar-refractivity contribution is 0.715. The third-order valence-electron chi connectivity index (χ3n) is 14.4. The number of para-hydroxylation sites is 4. The van der Waals surface area contributed by atoms with Crippen LogP contribution in [0, 0.1) is 6.92 Å². The van der Waals surface area contributed by atoms with Crippen molar-refractivity contribution in [1.82, 2.24) is 24.1 Å². The standard InChI is InChI=1S/C67H49N5/c1-3-50(67-69-65(47-29-11-6-12-30-47)68-66(70-67)49-32-23-31-48(42-49)45-25-7-4-8-26-45)63-62(51-33-14-13-24-44(51)2)61(71-58-39-20-16-35-53(58)54-36-17-21-40-59(54)71)43-56-55-37-18-22-41-60(55)72(64(56)63)57-38-19-15-34-52(57)46-27-9-5-10-28-46/h4-43,50H,3H2,1-2H3. The highest BCUT2D eigenvalue weighted by Gasteiger charge is 2.32. The molecule has 0 amide bonds. The van der Waals surface area contributed by atoms with Crippen LogP contribution < -0.4 is 0 Å². The van der Waals surface area contributed by atoms with Crippen LogP contribution in [0.15, 0.2) is 243 Å². The molecule has 0 aliphatic heterocycles. The SMILES string of the molecule is CCC(c1nc(-c2ccccc2)nc(-c2cccc(-c3ccccc3)c2)n1)c1c(-c2ccccc2C)c(-n2c3ccccc3c3ccccc32)cc2c3ccccc3n(-c3ccccc3-c3ccccc3)c12. The number of aryl methyl sites for hydroxylation is 1. The lowest BCUT2D eigenvalue weighted by atomic mass is 9.83. The third-order valence-corrected chi connectivity index (χ3v) is 14.4. The van der Waals surface area contributed by atoms with Crippen molar-refractivity contribution in [1.29, 1.82) is 0 Å². The number of aromatic nitrogens is 5. The third kappa shape index (κ3) is 7.20. The van der Waals surface area contributed by atoms with Gasteiger partial charge in [0, 0.05) is 49.7 Å². The highest BCUT2D eigenvalue weighted by molar-refractivity contribution is 6.16. The maximum absolute atomic E-state index is 5.65. The highest BCUT2D eigenvalue weighted by Crippen LogP contribution is 2.50. The van der Waals surface area contributed by atoms with E-state index in [-0.39, 0.29) is 5.92 Å². The Morgan fingerprint density at radius 2 is 0.861 bits per heavy atom. The Kier molecular flexibility index (Phi) is 10.7. The van der Waals surface area contributed by atoms with Gasteiger partial charge in [-0.3, -0.25) is 0 Å². The van der Waals surface area contributed by atoms with Crippen molar-refractivity contribution in [2.45, 2.75) is 26.2 Å². The molecular formula is C67H49N5. The molecule has 5 heteroatoms. The van der Waals surface area contributed by atoms with E-state index in [2.05, 4.69) is 260 Å². The Balaban J connectivity index is 1.21. The predicted molar refractivity (Wildman–Crippen MR) is 299 cm³/mol. The van der Waals surface area contributed by atoms with Gasteiger partial charge in [0.05, 0.1) is 33.4 Å². The molecule has 3 heterocycles. The topological polar surface area (TPSA) is 48.5 Å². The minimum Gasteiger partial charge on any atom is -0.309 e. The van der Waals surface area contributed by atoms with Crippen molar-refractivity contribution in [3.63, 3.8) is 0 Å². The van der Waals surface area contributed by atoms with Crippen LogP contribution in [0.3, 0.4) is 0 Å². The van der Waals surface area contributed by atoms with Crippen molar-refractivity contribution in [2.24, 2.45) is 0 Å². The van der Waals surface area contributed by atoms with Crippen LogP contribution in [0.25, 0.3) is 111 Å². The van der Waals surface area contributed by atoms with E-state index >= 15 is 0 Å². The number of hydrogen-bond donors (Lipinski definition) is 0. The summed E-state index contributed by atoms with van der Waals surface area (Å²) in [6, 6.07) is 87.1. The Morgan fingerprint density at radius 3 is 1.50 bits per heavy atom. The Bertz CT molecular complexity index is 4100. The average molecular weight is 924 g/mol. The molecule has 0 fully saturated rings. The summed E-state index contributed by atoms with van der Waals surface area (Å²) in [7, 11) is 0. The first kappa shape index (κ1) is 42.9. The van der Waals surface area contributed by atoms with E-state index in [0.717, 1.165) is 94.7 Å². The fourth-order valence-electron chi connectivity index (χ4n) is 11.1. The maximum Gasteiger partial charge on any atom is 0.163 e. The second kappa shape index (κ2) is 18.0. The largest absolute Gasteiger partial charge is 0.309 e. The monoisotopic (exact) mass is 923 g/mol. The van der Waals surface area contributed by atoms with E-state index in [1.165, 1.54) is 21.7 Å². The zero-order valence-electron chi connectivity index (χ0n) is 40.1. The van der Waals surface area contributed by atoms with Gasteiger partial charge in [-0.1, -0.05) is 213 Å². The molecule has 72 heavy (non-hydrogen) atoms. The number of fused-ring (bicyclic) bond motifs is 6. The van der Waals surface area contributed by atoms with Gasteiger partial charge in [0.2, 0.25) is 0 Å². The molecular weight excluding hydrogens is 875 g/mol. The summed E-state index contributed by atoms with van der Waals surface area (Å²) in [6.45, 7) is 4.53. The molecule has 0 aliphatic carbocycles. The van der Waals surface area contributed by atoms with Crippen molar-refractivity contribution in [3.8, 4) is 67.5 Å². The number of hydrogen-bond acceptors (Lipinski definition) is 3. The van der Waals surface area contributed by atoms with Gasteiger partial charge in [-0.25, -0.2) is 15.0 Å². The molecule has 0 bridgehead atoms. The van der Waals surface area contributed by atoms with E-state index in [1.807, 2.05) is 6.07 Å². The van der Waals surface area contributed by atoms with Crippen LogP contribution in [-0.4, -0.2) is 24.1 Å². The minimum atomic E-state index is -0.316. The van der Waals surface area contributed by atoms with E-state index in [9.17, 15) is 0 Å². The molecule has 5 nitrogen and oxygen atoms in total. The van der Waals surface area contributed by atoms with Gasteiger partial charge in [0.25, 0.3) is 0 Å². The van der Waals surface area contributed by atoms with Crippen molar-refractivity contribution in [2.75, 3.05) is 0 Å². The van der Waals surface area contributed by atoms with Gasteiger partial charge in [0.1, 0.15) is 5.82 Å². The molecule has 0 spiro atoms. The van der Waals surface area contributed by atoms with Crippen LogP contribution in [0.5, 0.6) is 0 Å².